The molecule has 1 amide bonds. The molecule has 0 aromatic carbocycles. The third-order valence-corrected chi connectivity index (χ3v) is 2.83. The highest BCUT2D eigenvalue weighted by Crippen LogP contribution is 2.15. The number of furan rings is 1. The molecule has 0 saturated heterocycles. The zero-order chi connectivity index (χ0) is 11.4. The maximum absolute atomic E-state index is 11.5. The fraction of sp³-hybridized carbons (Fsp3) is 0.182. The highest BCUT2D eigenvalue weighted by molar-refractivity contribution is 7.07. The van der Waals surface area contributed by atoms with E-state index in [1.54, 1.807) is 12.1 Å². The molecular weight excluding hydrogens is 226 g/mol. The van der Waals surface area contributed by atoms with Crippen molar-refractivity contribution in [3.63, 3.8) is 0 Å². The molecular formula is C11H11NO3S. The van der Waals surface area contributed by atoms with Crippen LogP contribution >= 0.6 is 11.3 Å². The summed E-state index contributed by atoms with van der Waals surface area (Å²) in [6, 6.07) is 5.05. The van der Waals surface area contributed by atoms with E-state index in [4.69, 9.17) is 4.42 Å². The van der Waals surface area contributed by atoms with Crippen LogP contribution in [-0.2, 0) is 0 Å². The third kappa shape index (κ3) is 2.50. The van der Waals surface area contributed by atoms with Crippen LogP contribution in [0.3, 0.4) is 0 Å². The first-order valence-corrected chi connectivity index (χ1v) is 5.73. The normalized spacial score (nSPS) is 12.3. The summed E-state index contributed by atoms with van der Waals surface area (Å²) in [6.07, 6.45) is 0.759. The van der Waals surface area contributed by atoms with Crippen LogP contribution < -0.4 is 5.32 Å². The van der Waals surface area contributed by atoms with Gasteiger partial charge in [-0.1, -0.05) is 0 Å². The number of hydrogen-bond donors (Lipinski definition) is 2. The van der Waals surface area contributed by atoms with Gasteiger partial charge in [-0.15, -0.1) is 0 Å². The number of thiophene rings is 1. The van der Waals surface area contributed by atoms with Crippen molar-refractivity contribution >= 4 is 17.2 Å². The van der Waals surface area contributed by atoms with Crippen LogP contribution in [0.25, 0.3) is 0 Å². The van der Waals surface area contributed by atoms with Crippen LogP contribution in [0.4, 0.5) is 0 Å². The van der Waals surface area contributed by atoms with Gasteiger partial charge in [0.15, 0.2) is 5.76 Å². The summed E-state index contributed by atoms with van der Waals surface area (Å²) >= 11 is 1.51. The average Bonchev–Trinajstić information content (AvgIpc) is 2.95. The van der Waals surface area contributed by atoms with Crippen LogP contribution in [0.5, 0.6) is 0 Å². The van der Waals surface area contributed by atoms with Gasteiger partial charge in [0.2, 0.25) is 0 Å². The van der Waals surface area contributed by atoms with E-state index in [-0.39, 0.29) is 18.2 Å². The van der Waals surface area contributed by atoms with E-state index < -0.39 is 6.10 Å². The Hall–Kier alpha value is -1.59. The lowest BCUT2D eigenvalue weighted by molar-refractivity contribution is 0.0889. The molecule has 4 nitrogen and oxygen atoms in total. The molecule has 5 heteroatoms. The summed E-state index contributed by atoms with van der Waals surface area (Å²) in [7, 11) is 0. The summed E-state index contributed by atoms with van der Waals surface area (Å²) in [5, 5.41) is 16.0. The lowest BCUT2D eigenvalue weighted by atomic mass is 10.2. The van der Waals surface area contributed by atoms with Gasteiger partial charge in [-0.3, -0.25) is 4.79 Å². The summed E-state index contributed by atoms with van der Waals surface area (Å²) in [5.41, 5.74) is 0.810. The minimum Gasteiger partial charge on any atom is -0.459 e. The monoisotopic (exact) mass is 237 g/mol. The van der Waals surface area contributed by atoms with Gasteiger partial charge in [-0.05, 0) is 34.5 Å². The molecule has 0 fully saturated rings. The second-order valence-electron chi connectivity index (χ2n) is 3.26. The number of nitrogens with one attached hydrogen (secondary N) is 1. The van der Waals surface area contributed by atoms with Gasteiger partial charge in [0.05, 0.1) is 12.4 Å². The van der Waals surface area contributed by atoms with E-state index in [9.17, 15) is 9.90 Å². The van der Waals surface area contributed by atoms with E-state index >= 15 is 0 Å². The summed E-state index contributed by atoms with van der Waals surface area (Å²) in [4.78, 5) is 11.5. The Morgan fingerprint density at radius 1 is 1.56 bits per heavy atom. The molecule has 16 heavy (non-hydrogen) atoms. The number of hydrogen-bond acceptors (Lipinski definition) is 4. The van der Waals surface area contributed by atoms with Crippen LogP contribution in [0.2, 0.25) is 0 Å². The van der Waals surface area contributed by atoms with Gasteiger partial charge < -0.3 is 14.8 Å². The standard InChI is InChI=1S/C11H11NO3S/c13-9(8-3-5-16-7-8)6-12-11(14)10-2-1-4-15-10/h1-5,7,9,13H,6H2,(H,12,14). The SMILES string of the molecule is O=C(NCC(O)c1ccsc1)c1ccco1. The zero-order valence-corrected chi connectivity index (χ0v) is 9.24. The summed E-state index contributed by atoms with van der Waals surface area (Å²) in [6.45, 7) is 0.177. The quantitative estimate of drug-likeness (QED) is 0.852. The molecule has 2 N–H and O–H groups in total. The molecule has 84 valence electrons. The number of aliphatic hydroxyl groups is 1. The Morgan fingerprint density at radius 2 is 2.44 bits per heavy atom. The zero-order valence-electron chi connectivity index (χ0n) is 8.42. The van der Waals surface area contributed by atoms with Crippen molar-refractivity contribution in [3.8, 4) is 0 Å². The first-order valence-electron chi connectivity index (χ1n) is 4.79. The summed E-state index contributed by atoms with van der Waals surface area (Å²) < 4.78 is 4.93. The van der Waals surface area contributed by atoms with Gasteiger partial charge in [-0.2, -0.15) is 11.3 Å². The fourth-order valence-electron chi connectivity index (χ4n) is 1.27. The molecule has 0 radical (unpaired) electrons. The lowest BCUT2D eigenvalue weighted by Crippen LogP contribution is -2.27. The maximum Gasteiger partial charge on any atom is 0.287 e. The van der Waals surface area contributed by atoms with Crippen molar-refractivity contribution in [1.82, 2.24) is 5.32 Å². The highest BCUT2D eigenvalue weighted by Gasteiger charge is 2.12. The number of aliphatic hydroxyl groups excluding tert-OH is 1. The molecule has 2 aromatic rings. The van der Waals surface area contributed by atoms with Crippen LogP contribution in [-0.4, -0.2) is 17.6 Å². The van der Waals surface area contributed by atoms with Crippen LogP contribution in [0, 0.1) is 0 Å². The minimum absolute atomic E-state index is 0.177. The van der Waals surface area contributed by atoms with Gasteiger partial charge in [0, 0.05) is 6.54 Å². The highest BCUT2D eigenvalue weighted by atomic mass is 32.1. The van der Waals surface area contributed by atoms with Crippen molar-refractivity contribution in [2.24, 2.45) is 0 Å². The molecule has 0 bridgehead atoms. The fourth-order valence-corrected chi connectivity index (χ4v) is 1.97. The van der Waals surface area contributed by atoms with E-state index in [1.807, 2.05) is 16.8 Å². The van der Waals surface area contributed by atoms with Gasteiger partial charge in [-0.25, -0.2) is 0 Å². The number of carbonyl (C=O) groups excluding carboxylic acids is 1. The third-order valence-electron chi connectivity index (χ3n) is 2.13. The largest absolute Gasteiger partial charge is 0.459 e. The molecule has 2 heterocycles. The predicted octanol–water partition coefficient (Wildman–Crippen LogP) is 1.80. The van der Waals surface area contributed by atoms with Crippen molar-refractivity contribution in [1.29, 1.82) is 0 Å². The Morgan fingerprint density at radius 3 is 3.06 bits per heavy atom. The smallest absolute Gasteiger partial charge is 0.287 e. The van der Waals surface area contributed by atoms with Gasteiger partial charge in [0.1, 0.15) is 0 Å². The maximum atomic E-state index is 11.5. The first kappa shape index (κ1) is 10.9. The van der Waals surface area contributed by atoms with Gasteiger partial charge in [0.25, 0.3) is 5.91 Å². The summed E-state index contributed by atoms with van der Waals surface area (Å²) in [5.74, 6) is -0.0724. The minimum atomic E-state index is -0.676. The number of carbonyl (C=O) groups is 1. The van der Waals surface area contributed by atoms with Crippen molar-refractivity contribution < 1.29 is 14.3 Å². The van der Waals surface area contributed by atoms with Crippen LogP contribution in [0.15, 0.2) is 39.6 Å². The van der Waals surface area contributed by atoms with E-state index in [0.717, 1.165) is 5.56 Å². The predicted molar refractivity (Wildman–Crippen MR) is 60.3 cm³/mol. The molecule has 2 rings (SSSR count). The Bertz CT molecular complexity index is 436. The molecule has 2 aromatic heterocycles. The average molecular weight is 237 g/mol. The second kappa shape index (κ2) is 4.96. The second-order valence-corrected chi connectivity index (χ2v) is 4.04. The molecule has 1 atom stereocenters. The van der Waals surface area contributed by atoms with Gasteiger partial charge >= 0.3 is 0 Å². The molecule has 0 spiro atoms. The molecule has 0 aliphatic carbocycles. The van der Waals surface area contributed by atoms with Crippen LogP contribution in [0.1, 0.15) is 22.2 Å². The molecule has 0 aliphatic heterocycles. The number of rotatable bonds is 4. The Balaban J connectivity index is 1.86. The Labute approximate surface area is 96.5 Å². The van der Waals surface area contributed by atoms with E-state index in [1.165, 1.54) is 17.6 Å². The Kier molecular flexibility index (Phi) is 3.38. The molecule has 1 unspecified atom stereocenters. The van der Waals surface area contributed by atoms with E-state index in [0.29, 0.717) is 0 Å². The lowest BCUT2D eigenvalue weighted by Gasteiger charge is -2.09. The molecule has 0 aliphatic rings. The van der Waals surface area contributed by atoms with Crippen molar-refractivity contribution in [2.75, 3.05) is 6.54 Å². The van der Waals surface area contributed by atoms with Crippen molar-refractivity contribution in [2.45, 2.75) is 6.10 Å². The first-order chi connectivity index (χ1) is 7.77. The van der Waals surface area contributed by atoms with E-state index in [2.05, 4.69) is 5.32 Å². The number of amides is 1. The topological polar surface area (TPSA) is 62.5 Å². The molecule has 0 saturated carbocycles. The van der Waals surface area contributed by atoms with Crippen molar-refractivity contribution in [3.05, 3.63) is 46.5 Å².